The number of furan rings is 1. The van der Waals surface area contributed by atoms with Crippen molar-refractivity contribution in [1.82, 2.24) is 0 Å². The number of hydrogen-bond donors (Lipinski definition) is 0. The molecule has 0 radical (unpaired) electrons. The predicted molar refractivity (Wildman–Crippen MR) is 77.5 cm³/mol. The minimum atomic E-state index is 0.00894. The maximum Gasteiger partial charge on any atom is 0.186 e. The topological polar surface area (TPSA) is 30.2 Å². The molecule has 0 N–H and O–H groups in total. The molecule has 0 aliphatic rings. The highest BCUT2D eigenvalue weighted by molar-refractivity contribution is 6.07. The van der Waals surface area contributed by atoms with Crippen molar-refractivity contribution < 1.29 is 9.21 Å². The van der Waals surface area contributed by atoms with Gasteiger partial charge in [-0.3, -0.25) is 4.79 Å². The van der Waals surface area contributed by atoms with E-state index in [-0.39, 0.29) is 5.78 Å². The summed E-state index contributed by atoms with van der Waals surface area (Å²) >= 11 is 0. The minimum Gasteiger partial charge on any atom is -0.462 e. The molecule has 98 valence electrons. The number of rotatable bonds is 3. The van der Waals surface area contributed by atoms with E-state index in [4.69, 9.17) is 4.42 Å². The molecule has 1 aromatic carbocycles. The van der Waals surface area contributed by atoms with Gasteiger partial charge in [-0.05, 0) is 74.7 Å². The third-order valence-electron chi connectivity index (χ3n) is 3.27. The fourth-order valence-corrected chi connectivity index (χ4v) is 2.02. The number of carbonyl (C=O) groups is 1. The molecule has 0 amide bonds. The van der Waals surface area contributed by atoms with Crippen molar-refractivity contribution in [2.24, 2.45) is 0 Å². The first-order chi connectivity index (χ1) is 8.97. The van der Waals surface area contributed by atoms with Gasteiger partial charge in [0.1, 0.15) is 11.5 Å². The highest BCUT2D eigenvalue weighted by atomic mass is 16.3. The van der Waals surface area contributed by atoms with Gasteiger partial charge in [0, 0.05) is 5.56 Å². The molecule has 0 atom stereocenters. The third kappa shape index (κ3) is 3.02. The van der Waals surface area contributed by atoms with Crippen molar-refractivity contribution in [1.29, 1.82) is 0 Å². The van der Waals surface area contributed by atoms with Crippen molar-refractivity contribution in [2.75, 3.05) is 0 Å². The second-order valence-corrected chi connectivity index (χ2v) is 4.90. The Morgan fingerprint density at radius 1 is 1.00 bits per heavy atom. The molecule has 2 aromatic rings. The van der Waals surface area contributed by atoms with Crippen LogP contribution in [-0.2, 0) is 0 Å². The first kappa shape index (κ1) is 13.3. The van der Waals surface area contributed by atoms with E-state index in [0.29, 0.717) is 5.76 Å². The summed E-state index contributed by atoms with van der Waals surface area (Å²) in [6, 6.07) is 7.73. The van der Waals surface area contributed by atoms with Gasteiger partial charge in [-0.15, -0.1) is 0 Å². The van der Waals surface area contributed by atoms with Gasteiger partial charge < -0.3 is 4.42 Å². The minimum absolute atomic E-state index is 0.00894. The Balaban J connectivity index is 2.25. The summed E-state index contributed by atoms with van der Waals surface area (Å²) < 4.78 is 5.40. The summed E-state index contributed by atoms with van der Waals surface area (Å²) in [6.07, 6.45) is 3.28. The summed E-state index contributed by atoms with van der Waals surface area (Å²) in [5.74, 6) is 1.55. The lowest BCUT2D eigenvalue weighted by Gasteiger charge is -2.06. The van der Waals surface area contributed by atoms with E-state index in [0.717, 1.165) is 22.5 Å². The SMILES string of the molecule is Cc1ccc(/C=C/C(=O)c2cc(C)c(C)cc2C)o1. The summed E-state index contributed by atoms with van der Waals surface area (Å²) in [6.45, 7) is 7.92. The fourth-order valence-electron chi connectivity index (χ4n) is 2.02. The number of aryl methyl sites for hydroxylation is 4. The standard InChI is InChI=1S/C17H18O2/c1-11-9-13(3)16(10-12(11)2)17(18)8-7-15-6-5-14(4)19-15/h5-10H,1-4H3/b8-7+. The van der Waals surface area contributed by atoms with E-state index >= 15 is 0 Å². The summed E-state index contributed by atoms with van der Waals surface area (Å²) in [7, 11) is 0. The predicted octanol–water partition coefficient (Wildman–Crippen LogP) is 4.41. The van der Waals surface area contributed by atoms with Crippen LogP contribution in [0.1, 0.15) is 38.6 Å². The van der Waals surface area contributed by atoms with Crippen LogP contribution in [0.5, 0.6) is 0 Å². The van der Waals surface area contributed by atoms with Gasteiger partial charge in [-0.1, -0.05) is 6.07 Å². The molecule has 1 heterocycles. The number of allylic oxidation sites excluding steroid dienone is 1. The Morgan fingerprint density at radius 2 is 1.68 bits per heavy atom. The molecule has 2 rings (SSSR count). The Hall–Kier alpha value is -2.09. The second-order valence-electron chi connectivity index (χ2n) is 4.90. The lowest BCUT2D eigenvalue weighted by atomic mass is 9.98. The normalized spacial score (nSPS) is 11.2. The zero-order valence-corrected chi connectivity index (χ0v) is 11.8. The average Bonchev–Trinajstić information content (AvgIpc) is 2.77. The van der Waals surface area contributed by atoms with Gasteiger partial charge in [0.15, 0.2) is 5.78 Å². The molecular formula is C17H18O2. The van der Waals surface area contributed by atoms with E-state index in [9.17, 15) is 4.79 Å². The molecule has 0 aliphatic carbocycles. The fraction of sp³-hybridized carbons (Fsp3) is 0.235. The Labute approximate surface area is 113 Å². The van der Waals surface area contributed by atoms with Crippen LogP contribution in [0.15, 0.2) is 34.8 Å². The summed E-state index contributed by atoms with van der Waals surface area (Å²) in [5, 5.41) is 0. The zero-order valence-electron chi connectivity index (χ0n) is 11.8. The van der Waals surface area contributed by atoms with Gasteiger partial charge in [0.25, 0.3) is 0 Å². The molecule has 19 heavy (non-hydrogen) atoms. The van der Waals surface area contributed by atoms with Crippen LogP contribution in [-0.4, -0.2) is 5.78 Å². The zero-order chi connectivity index (χ0) is 14.0. The number of ketones is 1. The molecule has 0 bridgehead atoms. The van der Waals surface area contributed by atoms with Crippen LogP contribution in [0.25, 0.3) is 6.08 Å². The largest absolute Gasteiger partial charge is 0.462 e. The second kappa shape index (κ2) is 5.27. The molecule has 2 nitrogen and oxygen atoms in total. The van der Waals surface area contributed by atoms with Gasteiger partial charge in [-0.25, -0.2) is 0 Å². The molecule has 0 saturated carbocycles. The lowest BCUT2D eigenvalue weighted by Crippen LogP contribution is -1.99. The number of carbonyl (C=O) groups excluding carboxylic acids is 1. The van der Waals surface area contributed by atoms with Crippen molar-refractivity contribution in [3.05, 3.63) is 64.1 Å². The smallest absolute Gasteiger partial charge is 0.186 e. The molecule has 2 heteroatoms. The molecule has 0 unspecified atom stereocenters. The molecule has 0 aliphatic heterocycles. The molecule has 0 saturated heterocycles. The maximum atomic E-state index is 12.2. The first-order valence-electron chi connectivity index (χ1n) is 6.34. The van der Waals surface area contributed by atoms with E-state index in [1.54, 1.807) is 12.2 Å². The highest BCUT2D eigenvalue weighted by Crippen LogP contribution is 2.17. The van der Waals surface area contributed by atoms with E-state index in [2.05, 4.69) is 6.92 Å². The Bertz CT molecular complexity index is 645. The van der Waals surface area contributed by atoms with E-state index in [1.807, 2.05) is 45.0 Å². The third-order valence-corrected chi connectivity index (χ3v) is 3.27. The number of hydrogen-bond acceptors (Lipinski definition) is 2. The first-order valence-corrected chi connectivity index (χ1v) is 6.34. The highest BCUT2D eigenvalue weighted by Gasteiger charge is 2.08. The monoisotopic (exact) mass is 254 g/mol. The summed E-state index contributed by atoms with van der Waals surface area (Å²) in [5.41, 5.74) is 4.10. The van der Waals surface area contributed by atoms with Crippen LogP contribution >= 0.6 is 0 Å². The Kier molecular flexibility index (Phi) is 3.70. The van der Waals surface area contributed by atoms with E-state index < -0.39 is 0 Å². The number of benzene rings is 1. The van der Waals surface area contributed by atoms with Crippen LogP contribution in [0.4, 0.5) is 0 Å². The molecular weight excluding hydrogens is 236 g/mol. The Morgan fingerprint density at radius 3 is 2.32 bits per heavy atom. The van der Waals surface area contributed by atoms with Gasteiger partial charge >= 0.3 is 0 Å². The van der Waals surface area contributed by atoms with Gasteiger partial charge in [0.05, 0.1) is 0 Å². The van der Waals surface area contributed by atoms with Crippen molar-refractivity contribution in [3.8, 4) is 0 Å². The van der Waals surface area contributed by atoms with Crippen LogP contribution in [0, 0.1) is 27.7 Å². The van der Waals surface area contributed by atoms with Crippen LogP contribution < -0.4 is 0 Å². The van der Waals surface area contributed by atoms with Crippen LogP contribution in [0.3, 0.4) is 0 Å². The van der Waals surface area contributed by atoms with E-state index in [1.165, 1.54) is 5.56 Å². The molecule has 0 fully saturated rings. The van der Waals surface area contributed by atoms with Crippen molar-refractivity contribution in [3.63, 3.8) is 0 Å². The molecule has 0 spiro atoms. The molecule has 1 aromatic heterocycles. The maximum absolute atomic E-state index is 12.2. The van der Waals surface area contributed by atoms with Crippen LogP contribution in [0.2, 0.25) is 0 Å². The van der Waals surface area contributed by atoms with Gasteiger partial charge in [-0.2, -0.15) is 0 Å². The van der Waals surface area contributed by atoms with Crippen molar-refractivity contribution in [2.45, 2.75) is 27.7 Å². The lowest BCUT2D eigenvalue weighted by molar-refractivity contribution is 0.104. The average molecular weight is 254 g/mol. The van der Waals surface area contributed by atoms with Crippen molar-refractivity contribution >= 4 is 11.9 Å². The van der Waals surface area contributed by atoms with Gasteiger partial charge in [0.2, 0.25) is 0 Å². The summed E-state index contributed by atoms with van der Waals surface area (Å²) in [4.78, 5) is 12.2. The quantitative estimate of drug-likeness (QED) is 0.600.